The lowest BCUT2D eigenvalue weighted by molar-refractivity contribution is -0.388. The number of nitro groups is 1. The first kappa shape index (κ1) is 15.8. The standard InChI is InChI=1S/C15H20N4O3/c1-10(2)13(11-5-7-12(22-4)8-6-11)17-15-14(19(20)21)16-9-18(15)3/h5-10,13,17H,1-4H3. The normalized spacial score (nSPS) is 12.2. The number of nitrogens with one attached hydrogen (secondary N) is 1. The van der Waals surface area contributed by atoms with Crippen molar-refractivity contribution in [1.29, 1.82) is 0 Å². The van der Waals surface area contributed by atoms with Crippen molar-refractivity contribution in [2.45, 2.75) is 19.9 Å². The molecule has 0 saturated heterocycles. The van der Waals surface area contributed by atoms with Gasteiger partial charge in [0.25, 0.3) is 0 Å². The van der Waals surface area contributed by atoms with Crippen molar-refractivity contribution in [1.82, 2.24) is 9.55 Å². The number of anilines is 1. The largest absolute Gasteiger partial charge is 0.497 e. The van der Waals surface area contributed by atoms with E-state index in [4.69, 9.17) is 4.74 Å². The van der Waals surface area contributed by atoms with Gasteiger partial charge in [0.15, 0.2) is 0 Å². The Balaban J connectivity index is 2.33. The van der Waals surface area contributed by atoms with Gasteiger partial charge in [-0.1, -0.05) is 26.0 Å². The lowest BCUT2D eigenvalue weighted by Crippen LogP contribution is -2.19. The minimum absolute atomic E-state index is 0.0694. The number of benzene rings is 1. The molecule has 0 aliphatic heterocycles. The van der Waals surface area contributed by atoms with Crippen molar-refractivity contribution in [3.63, 3.8) is 0 Å². The van der Waals surface area contributed by atoms with E-state index in [1.165, 1.54) is 6.33 Å². The molecule has 0 radical (unpaired) electrons. The molecule has 0 aliphatic rings. The van der Waals surface area contributed by atoms with Crippen LogP contribution in [0.1, 0.15) is 25.5 Å². The van der Waals surface area contributed by atoms with Crippen LogP contribution in [0.25, 0.3) is 0 Å². The Labute approximate surface area is 129 Å². The number of ether oxygens (including phenoxy) is 1. The van der Waals surface area contributed by atoms with Gasteiger partial charge in [-0.25, -0.2) is 0 Å². The van der Waals surface area contributed by atoms with Gasteiger partial charge in [0.05, 0.1) is 13.2 Å². The van der Waals surface area contributed by atoms with Crippen molar-refractivity contribution in [3.05, 3.63) is 46.3 Å². The zero-order chi connectivity index (χ0) is 16.3. The predicted octanol–water partition coefficient (Wildman–Crippen LogP) is 3.15. The van der Waals surface area contributed by atoms with Gasteiger partial charge in [-0.3, -0.25) is 4.57 Å². The molecule has 1 aromatic heterocycles. The summed E-state index contributed by atoms with van der Waals surface area (Å²) in [6, 6.07) is 7.60. The molecule has 0 saturated carbocycles. The van der Waals surface area contributed by atoms with Crippen LogP contribution in [0.2, 0.25) is 0 Å². The molecule has 2 rings (SSSR count). The van der Waals surface area contributed by atoms with E-state index in [0.717, 1.165) is 11.3 Å². The number of hydrogen-bond donors (Lipinski definition) is 1. The molecule has 1 aromatic carbocycles. The zero-order valence-corrected chi connectivity index (χ0v) is 13.1. The third kappa shape index (κ3) is 3.19. The number of aryl methyl sites for hydroxylation is 1. The second-order valence-corrected chi connectivity index (χ2v) is 5.42. The van der Waals surface area contributed by atoms with Gasteiger partial charge < -0.3 is 20.2 Å². The van der Waals surface area contributed by atoms with Crippen LogP contribution in [-0.4, -0.2) is 21.6 Å². The number of methoxy groups -OCH3 is 1. The van der Waals surface area contributed by atoms with Crippen molar-refractivity contribution in [3.8, 4) is 5.75 Å². The molecule has 0 fully saturated rings. The topological polar surface area (TPSA) is 82.2 Å². The molecular weight excluding hydrogens is 284 g/mol. The van der Waals surface area contributed by atoms with Crippen molar-refractivity contribution in [2.75, 3.05) is 12.4 Å². The third-order valence-electron chi connectivity index (χ3n) is 3.52. The number of imidazole rings is 1. The Morgan fingerprint density at radius 1 is 1.32 bits per heavy atom. The molecule has 1 heterocycles. The average molecular weight is 304 g/mol. The van der Waals surface area contributed by atoms with Crippen LogP contribution in [0.3, 0.4) is 0 Å². The summed E-state index contributed by atoms with van der Waals surface area (Å²) >= 11 is 0. The summed E-state index contributed by atoms with van der Waals surface area (Å²) in [7, 11) is 3.35. The highest BCUT2D eigenvalue weighted by Gasteiger charge is 2.25. The second-order valence-electron chi connectivity index (χ2n) is 5.42. The Kier molecular flexibility index (Phi) is 4.65. The van der Waals surface area contributed by atoms with Gasteiger partial charge in [-0.15, -0.1) is 0 Å². The minimum Gasteiger partial charge on any atom is -0.497 e. The highest BCUT2D eigenvalue weighted by Crippen LogP contribution is 2.31. The Morgan fingerprint density at radius 2 is 1.95 bits per heavy atom. The third-order valence-corrected chi connectivity index (χ3v) is 3.52. The first-order chi connectivity index (χ1) is 10.4. The lowest BCUT2D eigenvalue weighted by atomic mass is 9.96. The fourth-order valence-corrected chi connectivity index (χ4v) is 2.31. The van der Waals surface area contributed by atoms with E-state index in [-0.39, 0.29) is 17.8 Å². The molecule has 0 aliphatic carbocycles. The smallest absolute Gasteiger partial charge is 0.406 e. The quantitative estimate of drug-likeness (QED) is 0.655. The summed E-state index contributed by atoms with van der Waals surface area (Å²) in [4.78, 5) is 14.4. The molecule has 1 atom stereocenters. The Bertz CT molecular complexity index is 649. The number of hydrogen-bond acceptors (Lipinski definition) is 5. The summed E-state index contributed by atoms with van der Waals surface area (Å²) in [5.74, 6) is 1.25. The van der Waals surface area contributed by atoms with Crippen LogP contribution in [0.5, 0.6) is 5.75 Å². The summed E-state index contributed by atoms with van der Waals surface area (Å²) in [5, 5.41) is 14.3. The van der Waals surface area contributed by atoms with Gasteiger partial charge in [0, 0.05) is 7.05 Å². The van der Waals surface area contributed by atoms with E-state index in [0.29, 0.717) is 5.82 Å². The Hall–Kier alpha value is -2.57. The molecule has 1 N–H and O–H groups in total. The van der Waals surface area contributed by atoms with E-state index in [1.54, 1.807) is 18.7 Å². The molecule has 2 aromatic rings. The Morgan fingerprint density at radius 3 is 2.45 bits per heavy atom. The van der Waals surface area contributed by atoms with Crippen LogP contribution in [-0.2, 0) is 7.05 Å². The highest BCUT2D eigenvalue weighted by molar-refractivity contribution is 5.53. The SMILES string of the molecule is COc1ccc(C(Nc2c([N+](=O)[O-])ncn2C)C(C)C)cc1. The van der Waals surface area contributed by atoms with Gasteiger partial charge in [0.1, 0.15) is 5.75 Å². The van der Waals surface area contributed by atoms with Crippen molar-refractivity contribution in [2.24, 2.45) is 13.0 Å². The molecule has 7 heteroatoms. The first-order valence-corrected chi connectivity index (χ1v) is 7.00. The minimum atomic E-state index is -0.478. The summed E-state index contributed by atoms with van der Waals surface area (Å²) in [5.41, 5.74) is 1.03. The maximum atomic E-state index is 11.1. The predicted molar refractivity (Wildman–Crippen MR) is 84.1 cm³/mol. The van der Waals surface area contributed by atoms with E-state index in [1.807, 2.05) is 24.3 Å². The fourth-order valence-electron chi connectivity index (χ4n) is 2.31. The summed E-state index contributed by atoms with van der Waals surface area (Å²) in [6.45, 7) is 4.12. The lowest BCUT2D eigenvalue weighted by Gasteiger charge is -2.23. The maximum Gasteiger partial charge on any atom is 0.406 e. The molecule has 0 spiro atoms. The molecule has 0 bridgehead atoms. The average Bonchev–Trinajstić information content (AvgIpc) is 2.86. The molecule has 118 valence electrons. The molecule has 1 unspecified atom stereocenters. The van der Waals surface area contributed by atoms with Crippen LogP contribution in [0, 0.1) is 16.0 Å². The van der Waals surface area contributed by atoms with Crippen LogP contribution in [0.15, 0.2) is 30.6 Å². The fraction of sp³-hybridized carbons (Fsp3) is 0.400. The molecule has 22 heavy (non-hydrogen) atoms. The van der Waals surface area contributed by atoms with E-state index in [2.05, 4.69) is 24.1 Å². The van der Waals surface area contributed by atoms with Gasteiger partial charge in [-0.05, 0) is 33.5 Å². The van der Waals surface area contributed by atoms with E-state index in [9.17, 15) is 10.1 Å². The molecule has 7 nitrogen and oxygen atoms in total. The van der Waals surface area contributed by atoms with E-state index < -0.39 is 4.92 Å². The van der Waals surface area contributed by atoms with Crippen LogP contribution >= 0.6 is 0 Å². The highest BCUT2D eigenvalue weighted by atomic mass is 16.6. The number of aromatic nitrogens is 2. The summed E-state index contributed by atoms with van der Waals surface area (Å²) in [6.07, 6.45) is 1.44. The second kappa shape index (κ2) is 6.46. The first-order valence-electron chi connectivity index (χ1n) is 7.00. The maximum absolute atomic E-state index is 11.1. The zero-order valence-electron chi connectivity index (χ0n) is 13.1. The molecule has 0 amide bonds. The number of rotatable bonds is 6. The summed E-state index contributed by atoms with van der Waals surface area (Å²) < 4.78 is 6.78. The van der Waals surface area contributed by atoms with Gasteiger partial charge in [-0.2, -0.15) is 0 Å². The van der Waals surface area contributed by atoms with Crippen molar-refractivity contribution >= 4 is 11.6 Å². The van der Waals surface area contributed by atoms with Gasteiger partial charge in [0.2, 0.25) is 12.1 Å². The molecular formula is C15H20N4O3. The van der Waals surface area contributed by atoms with E-state index >= 15 is 0 Å². The van der Waals surface area contributed by atoms with Crippen LogP contribution < -0.4 is 10.1 Å². The van der Waals surface area contributed by atoms with Crippen molar-refractivity contribution < 1.29 is 9.66 Å². The number of nitrogens with zero attached hydrogens (tertiary/aromatic N) is 3. The van der Waals surface area contributed by atoms with Crippen LogP contribution in [0.4, 0.5) is 11.6 Å². The monoisotopic (exact) mass is 304 g/mol. The van der Waals surface area contributed by atoms with Gasteiger partial charge >= 0.3 is 5.82 Å².